The van der Waals surface area contributed by atoms with E-state index < -0.39 is 0 Å². The van der Waals surface area contributed by atoms with Crippen LogP contribution in [0.5, 0.6) is 0 Å². The highest BCUT2D eigenvalue weighted by atomic mass is 32.2. The summed E-state index contributed by atoms with van der Waals surface area (Å²) in [5.41, 5.74) is 1.34. The van der Waals surface area contributed by atoms with E-state index in [-0.39, 0.29) is 0 Å². The molecule has 0 aliphatic carbocycles. The van der Waals surface area contributed by atoms with Crippen LogP contribution in [0.3, 0.4) is 0 Å². The first-order valence-corrected chi connectivity index (χ1v) is 4.31. The summed E-state index contributed by atoms with van der Waals surface area (Å²) in [4.78, 5) is 1.34. The monoisotopic (exact) mass is 151 g/mol. The van der Waals surface area contributed by atoms with Crippen LogP contribution < -0.4 is 0 Å². The second-order valence-corrected chi connectivity index (χ2v) is 3.25. The highest BCUT2D eigenvalue weighted by Gasteiger charge is 1.93. The van der Waals surface area contributed by atoms with Gasteiger partial charge >= 0.3 is 0 Å². The molecule has 0 aliphatic rings. The van der Waals surface area contributed by atoms with Crippen LogP contribution in [0.2, 0.25) is 0 Å². The van der Waals surface area contributed by atoms with Gasteiger partial charge in [0.1, 0.15) is 0 Å². The molecule has 53 valence electrons. The molecular weight excluding hydrogens is 140 g/mol. The Kier molecular flexibility index (Phi) is 2.82. The summed E-state index contributed by atoms with van der Waals surface area (Å²) in [7, 11) is 0. The zero-order valence-corrected chi connectivity index (χ0v) is 6.95. The van der Waals surface area contributed by atoms with Crippen molar-refractivity contribution in [3.8, 4) is 0 Å². The zero-order chi connectivity index (χ0) is 7.40. The molecular formula is C9H11S. The summed E-state index contributed by atoms with van der Waals surface area (Å²) in [5, 5.41) is 0. The number of hydrogen-bond acceptors (Lipinski definition) is 1. The first kappa shape index (κ1) is 7.67. The molecule has 10 heavy (non-hydrogen) atoms. The van der Waals surface area contributed by atoms with Crippen LogP contribution in [-0.4, -0.2) is 5.75 Å². The number of benzene rings is 1. The predicted octanol–water partition coefficient (Wildman–Crippen LogP) is 2.92. The molecule has 0 amide bonds. The van der Waals surface area contributed by atoms with Crippen molar-refractivity contribution in [2.75, 3.05) is 5.75 Å². The highest BCUT2D eigenvalue weighted by Crippen LogP contribution is 2.20. The smallest absolute Gasteiger partial charge is 0.0101 e. The topological polar surface area (TPSA) is 0 Å². The van der Waals surface area contributed by atoms with Gasteiger partial charge in [-0.15, -0.1) is 11.8 Å². The van der Waals surface area contributed by atoms with Gasteiger partial charge in [0, 0.05) is 4.90 Å². The third-order valence-electron chi connectivity index (χ3n) is 1.35. The molecule has 0 fully saturated rings. The maximum atomic E-state index is 3.79. The van der Waals surface area contributed by atoms with Gasteiger partial charge in [-0.2, -0.15) is 0 Å². The lowest BCUT2D eigenvalue weighted by molar-refractivity contribution is 1.30. The zero-order valence-electron chi connectivity index (χ0n) is 6.13. The van der Waals surface area contributed by atoms with E-state index in [9.17, 15) is 0 Å². The predicted molar refractivity (Wildman–Crippen MR) is 47.3 cm³/mol. The third kappa shape index (κ3) is 1.77. The van der Waals surface area contributed by atoms with Gasteiger partial charge in [0.25, 0.3) is 0 Å². The Morgan fingerprint density at radius 3 is 2.70 bits per heavy atom. The average molecular weight is 151 g/mol. The minimum absolute atomic E-state index is 0.908. The summed E-state index contributed by atoms with van der Waals surface area (Å²) >= 11 is 1.79. The Bertz CT molecular complexity index is 206. The Morgan fingerprint density at radius 1 is 1.40 bits per heavy atom. The molecule has 0 aromatic heterocycles. The van der Waals surface area contributed by atoms with Crippen LogP contribution in [0, 0.1) is 13.8 Å². The maximum Gasteiger partial charge on any atom is 0.0101 e. The molecule has 1 aromatic carbocycles. The standard InChI is InChI=1S/C9H11S/c1-3-10-9-7-5-4-6-8(9)2/h4-7H,1,3H2,2H3. The first-order valence-electron chi connectivity index (χ1n) is 3.32. The minimum atomic E-state index is 0.908. The molecule has 0 bridgehead atoms. The lowest BCUT2D eigenvalue weighted by atomic mass is 10.2. The molecule has 0 unspecified atom stereocenters. The van der Waals surface area contributed by atoms with E-state index in [0.29, 0.717) is 0 Å². The Hall–Kier alpha value is -0.430. The summed E-state index contributed by atoms with van der Waals surface area (Å²) in [6.07, 6.45) is 0. The fourth-order valence-electron chi connectivity index (χ4n) is 0.828. The third-order valence-corrected chi connectivity index (χ3v) is 2.32. The van der Waals surface area contributed by atoms with Gasteiger partial charge in [-0.1, -0.05) is 18.2 Å². The van der Waals surface area contributed by atoms with Crippen molar-refractivity contribution in [1.29, 1.82) is 0 Å². The van der Waals surface area contributed by atoms with E-state index in [0.717, 1.165) is 5.75 Å². The molecule has 0 spiro atoms. The van der Waals surface area contributed by atoms with Crippen LogP contribution in [0.25, 0.3) is 0 Å². The number of hydrogen-bond donors (Lipinski definition) is 0. The van der Waals surface area contributed by atoms with Gasteiger partial charge in [-0.05, 0) is 31.2 Å². The number of thioether (sulfide) groups is 1. The second-order valence-electron chi connectivity index (χ2n) is 2.11. The molecule has 0 saturated heterocycles. The van der Waals surface area contributed by atoms with E-state index >= 15 is 0 Å². The van der Waals surface area contributed by atoms with Crippen molar-refractivity contribution in [3.63, 3.8) is 0 Å². The van der Waals surface area contributed by atoms with Crippen LogP contribution in [0.4, 0.5) is 0 Å². The molecule has 0 saturated carbocycles. The SMILES string of the molecule is [CH2]CSc1ccccc1C. The molecule has 0 heterocycles. The fraction of sp³-hybridized carbons (Fsp3) is 0.222. The Labute approximate surface area is 66.6 Å². The lowest BCUT2D eigenvalue weighted by Gasteiger charge is -2.00. The van der Waals surface area contributed by atoms with Gasteiger partial charge < -0.3 is 0 Å². The second kappa shape index (κ2) is 3.67. The number of aryl methyl sites for hydroxylation is 1. The molecule has 0 aliphatic heterocycles. The molecule has 1 aromatic rings. The van der Waals surface area contributed by atoms with Crippen LogP contribution >= 0.6 is 11.8 Å². The maximum absolute atomic E-state index is 3.79. The summed E-state index contributed by atoms with van der Waals surface area (Å²) in [6.45, 7) is 5.91. The normalized spacial score (nSPS) is 9.80. The van der Waals surface area contributed by atoms with Crippen LogP contribution in [-0.2, 0) is 0 Å². The van der Waals surface area contributed by atoms with E-state index in [1.807, 2.05) is 0 Å². The van der Waals surface area contributed by atoms with E-state index in [4.69, 9.17) is 0 Å². The van der Waals surface area contributed by atoms with E-state index in [1.165, 1.54) is 10.5 Å². The number of rotatable bonds is 2. The lowest BCUT2D eigenvalue weighted by Crippen LogP contribution is -1.77. The van der Waals surface area contributed by atoms with Crippen molar-refractivity contribution in [1.82, 2.24) is 0 Å². The van der Waals surface area contributed by atoms with Crippen molar-refractivity contribution in [2.24, 2.45) is 0 Å². The molecule has 0 atom stereocenters. The summed E-state index contributed by atoms with van der Waals surface area (Å²) < 4.78 is 0. The van der Waals surface area contributed by atoms with Crippen molar-refractivity contribution < 1.29 is 0 Å². The molecule has 1 radical (unpaired) electrons. The van der Waals surface area contributed by atoms with Crippen LogP contribution in [0.1, 0.15) is 5.56 Å². The largest absolute Gasteiger partial charge is 0.126 e. The van der Waals surface area contributed by atoms with E-state index in [2.05, 4.69) is 38.1 Å². The first-order chi connectivity index (χ1) is 4.84. The molecule has 0 nitrogen and oxygen atoms in total. The van der Waals surface area contributed by atoms with Gasteiger partial charge in [0.15, 0.2) is 0 Å². The quantitative estimate of drug-likeness (QED) is 0.586. The Balaban J connectivity index is 2.81. The average Bonchev–Trinajstić information content (AvgIpc) is 1.94. The van der Waals surface area contributed by atoms with Crippen molar-refractivity contribution in [3.05, 3.63) is 36.8 Å². The highest BCUT2D eigenvalue weighted by molar-refractivity contribution is 7.99. The van der Waals surface area contributed by atoms with Crippen LogP contribution in [0.15, 0.2) is 29.2 Å². The minimum Gasteiger partial charge on any atom is -0.126 e. The van der Waals surface area contributed by atoms with Gasteiger partial charge in [-0.25, -0.2) is 0 Å². The molecule has 0 N–H and O–H groups in total. The van der Waals surface area contributed by atoms with E-state index in [1.54, 1.807) is 11.8 Å². The van der Waals surface area contributed by atoms with Gasteiger partial charge in [0.05, 0.1) is 0 Å². The summed E-state index contributed by atoms with van der Waals surface area (Å²) in [6, 6.07) is 8.37. The molecule has 1 heteroatoms. The Morgan fingerprint density at radius 2 is 2.10 bits per heavy atom. The fourth-order valence-corrected chi connectivity index (χ4v) is 1.52. The van der Waals surface area contributed by atoms with Crippen molar-refractivity contribution >= 4 is 11.8 Å². The van der Waals surface area contributed by atoms with Gasteiger partial charge in [-0.3, -0.25) is 0 Å². The summed E-state index contributed by atoms with van der Waals surface area (Å²) in [5.74, 6) is 0.908. The van der Waals surface area contributed by atoms with Crippen molar-refractivity contribution in [2.45, 2.75) is 11.8 Å². The van der Waals surface area contributed by atoms with Gasteiger partial charge in [0.2, 0.25) is 0 Å². The molecule has 1 rings (SSSR count).